The molecular formula is C30H10N4O4S4. The van der Waals surface area contributed by atoms with Crippen molar-refractivity contribution in [1.29, 1.82) is 21.0 Å². The van der Waals surface area contributed by atoms with E-state index in [2.05, 4.69) is 0 Å². The average Bonchev–Trinajstić information content (AvgIpc) is 3.81. The van der Waals surface area contributed by atoms with Crippen LogP contribution in [-0.2, 0) is 19.1 Å². The lowest BCUT2D eigenvalue weighted by Crippen LogP contribution is -1.99. The van der Waals surface area contributed by atoms with Crippen LogP contribution in [0.2, 0.25) is 0 Å². The molecule has 0 amide bonds. The Kier molecular flexibility index (Phi) is 6.98. The van der Waals surface area contributed by atoms with E-state index in [9.17, 15) is 9.59 Å². The van der Waals surface area contributed by atoms with Crippen molar-refractivity contribution in [3.63, 3.8) is 0 Å². The number of fused-ring (bicyclic) bond motifs is 1. The third-order valence-electron chi connectivity index (χ3n) is 5.97. The lowest BCUT2D eigenvalue weighted by molar-refractivity contribution is -0.131. The van der Waals surface area contributed by atoms with Gasteiger partial charge in [0.2, 0.25) is 0 Å². The summed E-state index contributed by atoms with van der Waals surface area (Å²) in [6.45, 7) is 0. The van der Waals surface area contributed by atoms with Gasteiger partial charge in [0, 0.05) is 18.8 Å². The second kappa shape index (κ2) is 10.9. The quantitative estimate of drug-likeness (QED) is 0.317. The summed E-state index contributed by atoms with van der Waals surface area (Å²) in [7, 11) is 0. The fourth-order valence-electron chi connectivity index (χ4n) is 4.14. The number of cyclic esters (lactones) is 2. The number of hydrogen-bond acceptors (Lipinski definition) is 12. The maximum absolute atomic E-state index is 12.9. The van der Waals surface area contributed by atoms with Crippen LogP contribution in [0.15, 0.2) is 59.7 Å². The van der Waals surface area contributed by atoms with E-state index in [4.69, 9.17) is 30.5 Å². The molecule has 198 valence electrons. The van der Waals surface area contributed by atoms with Crippen LogP contribution in [0.3, 0.4) is 0 Å². The lowest BCUT2D eigenvalue weighted by atomic mass is 10.1. The Morgan fingerprint density at radius 3 is 1.36 bits per heavy atom. The summed E-state index contributed by atoms with van der Waals surface area (Å²) in [5.74, 6) is -1.05. The summed E-state index contributed by atoms with van der Waals surface area (Å²) < 4.78 is 14.0. The third kappa shape index (κ3) is 4.78. The van der Waals surface area contributed by atoms with Gasteiger partial charge in [0.05, 0.1) is 18.8 Å². The molecular weight excluding hydrogens is 609 g/mol. The molecule has 0 saturated heterocycles. The number of nitriles is 4. The minimum atomic E-state index is -0.670. The SMILES string of the molecule is N#CC(C#N)=c1cc/c(=C\c2ccc(C3=C4C(=O)OC(c5ccc(/C=c6\ccc(=C(C#N)C#N)s6)s5)=C4C(=O)O3)s2)s1. The Labute approximate surface area is 252 Å². The number of esters is 2. The zero-order valence-corrected chi connectivity index (χ0v) is 24.1. The highest BCUT2D eigenvalue weighted by molar-refractivity contribution is 7.15. The molecule has 6 heterocycles. The van der Waals surface area contributed by atoms with Crippen molar-refractivity contribution in [3.05, 3.63) is 97.3 Å². The molecule has 0 N–H and O–H groups in total. The van der Waals surface area contributed by atoms with Crippen LogP contribution in [0.1, 0.15) is 19.5 Å². The van der Waals surface area contributed by atoms with Gasteiger partial charge in [-0.3, -0.25) is 0 Å². The highest BCUT2D eigenvalue weighted by Crippen LogP contribution is 2.45. The molecule has 0 spiro atoms. The van der Waals surface area contributed by atoms with Crippen LogP contribution in [0.25, 0.3) is 34.8 Å². The van der Waals surface area contributed by atoms with E-state index >= 15 is 0 Å². The fourth-order valence-corrected chi connectivity index (χ4v) is 8.00. The van der Waals surface area contributed by atoms with Gasteiger partial charge in [0.1, 0.15) is 46.6 Å². The topological polar surface area (TPSA) is 148 Å². The Hall–Kier alpha value is -5.34. The number of rotatable bonds is 4. The van der Waals surface area contributed by atoms with Crippen LogP contribution in [-0.4, -0.2) is 11.9 Å². The first-order valence-corrected chi connectivity index (χ1v) is 15.1. The van der Waals surface area contributed by atoms with Crippen molar-refractivity contribution < 1.29 is 19.1 Å². The van der Waals surface area contributed by atoms with E-state index in [0.29, 0.717) is 18.8 Å². The first-order valence-electron chi connectivity index (χ1n) is 11.8. The van der Waals surface area contributed by atoms with Gasteiger partial charge in [-0.25, -0.2) is 9.59 Å². The van der Waals surface area contributed by atoms with Crippen molar-refractivity contribution in [2.75, 3.05) is 0 Å². The van der Waals surface area contributed by atoms with E-state index in [1.165, 1.54) is 45.3 Å². The maximum Gasteiger partial charge on any atom is 0.348 e. The second-order valence-electron chi connectivity index (χ2n) is 8.48. The molecule has 0 unspecified atom stereocenters. The van der Waals surface area contributed by atoms with Crippen molar-refractivity contribution >= 4 is 92.1 Å². The molecule has 0 aromatic carbocycles. The molecule has 0 bridgehead atoms. The molecule has 2 aliphatic heterocycles. The van der Waals surface area contributed by atoms with Crippen LogP contribution >= 0.6 is 45.3 Å². The minimum absolute atomic E-state index is 0.0473. The highest BCUT2D eigenvalue weighted by atomic mass is 32.1. The van der Waals surface area contributed by atoms with Crippen molar-refractivity contribution in [3.8, 4) is 24.3 Å². The van der Waals surface area contributed by atoms with Crippen LogP contribution in [0, 0.1) is 45.3 Å². The first-order chi connectivity index (χ1) is 20.4. The summed E-state index contributed by atoms with van der Waals surface area (Å²) in [5.41, 5.74) is 0.265. The van der Waals surface area contributed by atoms with Crippen LogP contribution in [0.4, 0.5) is 0 Å². The van der Waals surface area contributed by atoms with Gasteiger partial charge < -0.3 is 9.47 Å². The third-order valence-corrected chi connectivity index (χ3v) is 10.1. The van der Waals surface area contributed by atoms with Crippen molar-refractivity contribution in [1.82, 2.24) is 0 Å². The number of hydrogen-bond donors (Lipinski definition) is 0. The van der Waals surface area contributed by atoms with E-state index in [-0.39, 0.29) is 33.8 Å². The summed E-state index contributed by atoms with van der Waals surface area (Å²) >= 11 is 5.26. The Morgan fingerprint density at radius 1 is 0.571 bits per heavy atom. The van der Waals surface area contributed by atoms with E-state index in [1.807, 2.05) is 60.7 Å². The molecule has 0 aliphatic carbocycles. The average molecular weight is 619 g/mol. The van der Waals surface area contributed by atoms with Gasteiger partial charge in [0.25, 0.3) is 0 Å². The number of ether oxygens (including phenoxy) is 2. The van der Waals surface area contributed by atoms with Crippen molar-refractivity contribution in [2.45, 2.75) is 0 Å². The Bertz CT molecular complexity index is 2150. The summed E-state index contributed by atoms with van der Waals surface area (Å²) in [5, 5.41) is 36.4. The van der Waals surface area contributed by atoms with E-state index in [0.717, 1.165) is 18.8 Å². The van der Waals surface area contributed by atoms with Gasteiger partial charge in [-0.1, -0.05) is 0 Å². The molecule has 4 aromatic rings. The zero-order chi connectivity index (χ0) is 29.4. The maximum atomic E-state index is 12.9. The van der Waals surface area contributed by atoms with Crippen molar-refractivity contribution in [2.24, 2.45) is 0 Å². The number of nitrogens with zero attached hydrogens (tertiary/aromatic N) is 4. The lowest BCUT2D eigenvalue weighted by Gasteiger charge is -2.02. The smallest absolute Gasteiger partial charge is 0.348 e. The van der Waals surface area contributed by atoms with E-state index in [1.54, 1.807) is 24.3 Å². The molecule has 42 heavy (non-hydrogen) atoms. The molecule has 8 nitrogen and oxygen atoms in total. The van der Waals surface area contributed by atoms with Gasteiger partial charge in [-0.15, -0.1) is 45.3 Å². The number of thiophene rings is 4. The second-order valence-corrected chi connectivity index (χ2v) is 12.9. The molecule has 0 fully saturated rings. The molecule has 6 rings (SSSR count). The van der Waals surface area contributed by atoms with Crippen LogP contribution in [0.5, 0.6) is 0 Å². The van der Waals surface area contributed by atoms with Crippen LogP contribution < -0.4 is 18.1 Å². The summed E-state index contributed by atoms with van der Waals surface area (Å²) in [6, 6.07) is 21.8. The Morgan fingerprint density at radius 2 is 0.976 bits per heavy atom. The van der Waals surface area contributed by atoms with Gasteiger partial charge in [-0.05, 0) is 60.7 Å². The van der Waals surface area contributed by atoms with Gasteiger partial charge >= 0.3 is 11.9 Å². The monoisotopic (exact) mass is 618 g/mol. The summed E-state index contributed by atoms with van der Waals surface area (Å²) in [4.78, 5) is 28.7. The zero-order valence-electron chi connectivity index (χ0n) is 20.8. The standard InChI is InChI=1S/C30H10N4O4S4/c31-11-15(12-32)21-5-1-17(39-21)9-19-3-7-23(41-19)27-25-26(30(36)37-27)28(38-29(25)35)24-8-4-20(42-24)10-18-2-6-22(40-18)16(13-33)14-34/h1-10H/b17-9+,18-10+. The first kappa shape index (κ1) is 26.9. The molecule has 0 radical (unpaired) electrons. The van der Waals surface area contributed by atoms with Gasteiger partial charge in [-0.2, -0.15) is 21.0 Å². The summed E-state index contributed by atoms with van der Waals surface area (Å²) in [6.07, 6.45) is 3.76. The predicted octanol–water partition coefficient (Wildman–Crippen LogP) is 3.22. The molecule has 4 aromatic heterocycles. The fraction of sp³-hybridized carbons (Fsp3) is 0. The Balaban J connectivity index is 1.34. The highest BCUT2D eigenvalue weighted by Gasteiger charge is 2.45. The molecule has 2 aliphatic rings. The van der Waals surface area contributed by atoms with E-state index < -0.39 is 11.9 Å². The molecule has 0 atom stereocenters. The largest absolute Gasteiger partial charge is 0.420 e. The predicted molar refractivity (Wildman–Crippen MR) is 158 cm³/mol. The number of carbonyl (C=O) groups is 2. The number of carbonyl (C=O) groups excluding carboxylic acids is 2. The normalized spacial score (nSPS) is 14.7. The minimum Gasteiger partial charge on any atom is -0.420 e. The molecule has 12 heteroatoms. The van der Waals surface area contributed by atoms with Gasteiger partial charge in [0.15, 0.2) is 11.5 Å². The molecule has 0 saturated carbocycles.